The Kier molecular flexibility index (Phi) is 7.17. The van der Waals surface area contributed by atoms with Crippen molar-refractivity contribution >= 4 is 5.91 Å². The molecule has 0 bridgehead atoms. The highest BCUT2D eigenvalue weighted by molar-refractivity contribution is 5.97. The number of hydrogen-bond donors (Lipinski definition) is 2. The molecule has 1 unspecified atom stereocenters. The van der Waals surface area contributed by atoms with Crippen LogP contribution in [0, 0.1) is 18.3 Å². The molecule has 0 aliphatic carbocycles. The van der Waals surface area contributed by atoms with Crippen molar-refractivity contribution in [2.75, 3.05) is 6.61 Å². The third kappa shape index (κ3) is 5.17. The number of rotatable bonds is 7. The van der Waals surface area contributed by atoms with Gasteiger partial charge in [0.1, 0.15) is 0 Å². The number of aromatic nitrogens is 1. The maximum atomic E-state index is 12.9. The van der Waals surface area contributed by atoms with Gasteiger partial charge in [-0.3, -0.25) is 9.78 Å². The molecule has 5 heteroatoms. The molecule has 0 saturated carbocycles. The Labute approximate surface area is 183 Å². The zero-order valence-electron chi connectivity index (χ0n) is 18.1. The van der Waals surface area contributed by atoms with E-state index >= 15 is 0 Å². The number of carbonyl (C=O) groups is 1. The highest BCUT2D eigenvalue weighted by Gasteiger charge is 2.15. The van der Waals surface area contributed by atoms with Gasteiger partial charge in [-0.15, -0.1) is 0 Å². The highest BCUT2D eigenvalue weighted by atomic mass is 16.3. The molecule has 3 aromatic rings. The molecule has 0 aliphatic rings. The summed E-state index contributed by atoms with van der Waals surface area (Å²) in [6.45, 7) is 5.85. The first-order valence-electron chi connectivity index (χ1n) is 10.5. The summed E-state index contributed by atoms with van der Waals surface area (Å²) in [5, 5.41) is 21.5. The van der Waals surface area contributed by atoms with E-state index < -0.39 is 0 Å². The van der Waals surface area contributed by atoms with Crippen molar-refractivity contribution < 1.29 is 9.90 Å². The van der Waals surface area contributed by atoms with Gasteiger partial charge < -0.3 is 10.4 Å². The Morgan fingerprint density at radius 3 is 2.48 bits per heavy atom. The molecule has 3 rings (SSSR count). The predicted octanol–water partition coefficient (Wildman–Crippen LogP) is 4.66. The molecule has 0 fully saturated rings. The second kappa shape index (κ2) is 10.0. The van der Waals surface area contributed by atoms with Crippen LogP contribution in [0.15, 0.2) is 54.7 Å². The lowest BCUT2D eigenvalue weighted by Gasteiger charge is -2.16. The average molecular weight is 414 g/mol. The molecule has 0 aliphatic heterocycles. The topological polar surface area (TPSA) is 86.0 Å². The first-order valence-corrected chi connectivity index (χ1v) is 10.5. The van der Waals surface area contributed by atoms with E-state index in [9.17, 15) is 15.2 Å². The van der Waals surface area contributed by atoms with Crippen molar-refractivity contribution in [3.05, 3.63) is 77.0 Å². The van der Waals surface area contributed by atoms with E-state index in [1.165, 1.54) is 0 Å². The standard InChI is InChI=1S/C26H27N3O2/c1-4-18-7-9-25(28-15-18)21-11-20(24-8-6-19(14-27)10-17(24)3)12-22(13-21)26(31)29-23(5-2)16-30/h6-13,15,23,30H,4-5,16H2,1-3H3,(H,29,31). The molecular formula is C26H27N3O2. The Bertz CT molecular complexity index is 1110. The molecule has 1 aromatic heterocycles. The summed E-state index contributed by atoms with van der Waals surface area (Å²) in [6, 6.07) is 17.1. The molecule has 1 amide bonds. The summed E-state index contributed by atoms with van der Waals surface area (Å²) in [5.41, 5.74) is 6.66. The number of nitrogens with one attached hydrogen (secondary N) is 1. The predicted molar refractivity (Wildman–Crippen MR) is 123 cm³/mol. The van der Waals surface area contributed by atoms with Gasteiger partial charge in [0.05, 0.1) is 30.0 Å². The van der Waals surface area contributed by atoms with E-state index in [-0.39, 0.29) is 18.6 Å². The molecule has 0 radical (unpaired) electrons. The number of nitrogens with zero attached hydrogens (tertiary/aromatic N) is 2. The SMILES string of the molecule is CCc1ccc(-c2cc(C(=O)NC(CC)CO)cc(-c3ccc(C#N)cc3C)c2)nc1. The number of aliphatic hydroxyl groups excluding tert-OH is 1. The maximum absolute atomic E-state index is 12.9. The normalized spacial score (nSPS) is 11.6. The number of amides is 1. The van der Waals surface area contributed by atoms with Crippen LogP contribution in [0.3, 0.4) is 0 Å². The zero-order chi connectivity index (χ0) is 22.4. The van der Waals surface area contributed by atoms with Crippen molar-refractivity contribution in [1.29, 1.82) is 5.26 Å². The van der Waals surface area contributed by atoms with Crippen molar-refractivity contribution in [3.8, 4) is 28.5 Å². The Morgan fingerprint density at radius 1 is 1.13 bits per heavy atom. The first-order chi connectivity index (χ1) is 15.0. The third-order valence-corrected chi connectivity index (χ3v) is 5.44. The number of aliphatic hydroxyl groups is 1. The van der Waals surface area contributed by atoms with Crippen molar-refractivity contribution in [2.24, 2.45) is 0 Å². The molecule has 0 spiro atoms. The minimum Gasteiger partial charge on any atom is -0.394 e. The molecule has 158 valence electrons. The van der Waals surface area contributed by atoms with Crippen LogP contribution in [0.2, 0.25) is 0 Å². The van der Waals surface area contributed by atoms with Crippen molar-refractivity contribution in [1.82, 2.24) is 10.3 Å². The minimum atomic E-state index is -0.293. The van der Waals surface area contributed by atoms with E-state index in [2.05, 4.69) is 23.3 Å². The monoisotopic (exact) mass is 413 g/mol. The van der Waals surface area contributed by atoms with Gasteiger partial charge in [0.2, 0.25) is 0 Å². The zero-order valence-corrected chi connectivity index (χ0v) is 18.1. The molecular weight excluding hydrogens is 386 g/mol. The molecule has 31 heavy (non-hydrogen) atoms. The van der Waals surface area contributed by atoms with Gasteiger partial charge in [-0.25, -0.2) is 0 Å². The Hall–Kier alpha value is -3.49. The average Bonchev–Trinajstić information content (AvgIpc) is 2.81. The van der Waals surface area contributed by atoms with Gasteiger partial charge in [-0.05, 0) is 78.4 Å². The second-order valence-corrected chi connectivity index (χ2v) is 7.61. The number of nitriles is 1. The fraction of sp³-hybridized carbons (Fsp3) is 0.269. The van der Waals surface area contributed by atoms with Crippen LogP contribution in [0.5, 0.6) is 0 Å². The molecule has 5 nitrogen and oxygen atoms in total. The third-order valence-electron chi connectivity index (χ3n) is 5.44. The van der Waals surface area contributed by atoms with Crippen LogP contribution in [-0.2, 0) is 6.42 Å². The van der Waals surface area contributed by atoms with Crippen LogP contribution in [0.4, 0.5) is 0 Å². The van der Waals surface area contributed by atoms with Crippen LogP contribution in [0.25, 0.3) is 22.4 Å². The van der Waals surface area contributed by atoms with Gasteiger partial charge in [0.15, 0.2) is 0 Å². The lowest BCUT2D eigenvalue weighted by atomic mass is 9.94. The number of carbonyl (C=O) groups excluding carboxylic acids is 1. The number of benzene rings is 2. The molecule has 1 heterocycles. The number of pyridine rings is 1. The number of hydrogen-bond acceptors (Lipinski definition) is 4. The van der Waals surface area contributed by atoms with Gasteiger partial charge in [-0.1, -0.05) is 26.0 Å². The van der Waals surface area contributed by atoms with E-state index in [1.807, 2.05) is 62.5 Å². The summed E-state index contributed by atoms with van der Waals surface area (Å²) in [7, 11) is 0. The van der Waals surface area contributed by atoms with Gasteiger partial charge in [-0.2, -0.15) is 5.26 Å². The summed E-state index contributed by atoms with van der Waals surface area (Å²) in [5.74, 6) is -0.236. The molecule has 2 N–H and O–H groups in total. The quantitative estimate of drug-likeness (QED) is 0.590. The summed E-state index contributed by atoms with van der Waals surface area (Å²) in [6.07, 6.45) is 3.40. The maximum Gasteiger partial charge on any atom is 0.251 e. The summed E-state index contributed by atoms with van der Waals surface area (Å²) < 4.78 is 0. The smallest absolute Gasteiger partial charge is 0.251 e. The van der Waals surface area contributed by atoms with E-state index in [1.54, 1.807) is 6.07 Å². The first kappa shape index (κ1) is 22.2. The van der Waals surface area contributed by atoms with Gasteiger partial charge in [0, 0.05) is 17.3 Å². The van der Waals surface area contributed by atoms with Crippen molar-refractivity contribution in [3.63, 3.8) is 0 Å². The Morgan fingerprint density at radius 2 is 1.90 bits per heavy atom. The second-order valence-electron chi connectivity index (χ2n) is 7.61. The summed E-state index contributed by atoms with van der Waals surface area (Å²) >= 11 is 0. The molecule has 2 aromatic carbocycles. The van der Waals surface area contributed by atoms with Crippen molar-refractivity contribution in [2.45, 2.75) is 39.7 Å². The fourth-order valence-corrected chi connectivity index (χ4v) is 3.47. The minimum absolute atomic E-state index is 0.108. The van der Waals surface area contributed by atoms with Crippen LogP contribution in [0.1, 0.15) is 47.3 Å². The lowest BCUT2D eigenvalue weighted by molar-refractivity contribution is 0.0915. The van der Waals surface area contributed by atoms with E-state index in [0.29, 0.717) is 17.5 Å². The number of aryl methyl sites for hydroxylation is 2. The highest BCUT2D eigenvalue weighted by Crippen LogP contribution is 2.30. The van der Waals surface area contributed by atoms with Crippen LogP contribution >= 0.6 is 0 Å². The Balaban J connectivity index is 2.11. The van der Waals surface area contributed by atoms with Crippen LogP contribution < -0.4 is 5.32 Å². The molecule has 0 saturated heterocycles. The van der Waals surface area contributed by atoms with E-state index in [4.69, 9.17) is 0 Å². The van der Waals surface area contributed by atoms with Gasteiger partial charge in [0.25, 0.3) is 5.91 Å². The van der Waals surface area contributed by atoms with Crippen LogP contribution in [-0.4, -0.2) is 28.6 Å². The van der Waals surface area contributed by atoms with Gasteiger partial charge >= 0.3 is 0 Å². The largest absolute Gasteiger partial charge is 0.394 e. The molecule has 1 atom stereocenters. The summed E-state index contributed by atoms with van der Waals surface area (Å²) in [4.78, 5) is 17.5. The van der Waals surface area contributed by atoms with E-state index in [0.717, 1.165) is 39.9 Å². The fourth-order valence-electron chi connectivity index (χ4n) is 3.47. The lowest BCUT2D eigenvalue weighted by Crippen LogP contribution is -2.36.